The molecule has 7 atom stereocenters. The largest absolute Gasteiger partial charge is 0.480 e. The van der Waals surface area contributed by atoms with Crippen molar-refractivity contribution in [2.45, 2.75) is 102 Å². The number of carboxylic acid groups (broad SMARTS) is 1. The van der Waals surface area contributed by atoms with Gasteiger partial charge in [0.1, 0.15) is 36.3 Å². The Hall–Kier alpha value is -5.30. The van der Waals surface area contributed by atoms with Gasteiger partial charge in [0, 0.05) is 19.5 Å². The van der Waals surface area contributed by atoms with Gasteiger partial charge in [-0.2, -0.15) is 0 Å². The zero-order valence-electron chi connectivity index (χ0n) is 30.5. The van der Waals surface area contributed by atoms with Crippen LogP contribution in [0.2, 0.25) is 0 Å². The molecule has 294 valence electrons. The number of amides is 6. The summed E-state index contributed by atoms with van der Waals surface area (Å²) in [5, 5.41) is 31.9. The number of hydrogen-bond acceptors (Lipinski definition) is 10. The molecule has 0 saturated carbocycles. The van der Waals surface area contributed by atoms with E-state index >= 15 is 0 Å². The van der Waals surface area contributed by atoms with Gasteiger partial charge in [-0.3, -0.25) is 33.8 Å². The number of nitrogens with one attached hydrogen (secondary N) is 5. The van der Waals surface area contributed by atoms with Crippen LogP contribution in [-0.2, 0) is 40.0 Å². The van der Waals surface area contributed by atoms with Crippen molar-refractivity contribution in [3.63, 3.8) is 0 Å². The Morgan fingerprint density at radius 2 is 1.47 bits per heavy atom. The number of benzene rings is 1. The average Bonchev–Trinajstić information content (AvgIpc) is 3.60. The zero-order valence-corrected chi connectivity index (χ0v) is 30.5. The number of aliphatic imine (C=N–C) groups is 1. The van der Waals surface area contributed by atoms with Gasteiger partial charge in [0.05, 0.1) is 12.6 Å². The third-order valence-corrected chi connectivity index (χ3v) is 8.53. The number of carbonyl (C=O) groups excluding carboxylic acids is 6. The molecule has 53 heavy (non-hydrogen) atoms. The molecule has 0 aromatic heterocycles. The van der Waals surface area contributed by atoms with Crippen LogP contribution in [0.25, 0.3) is 0 Å². The number of guanidine groups is 1. The van der Waals surface area contributed by atoms with E-state index in [4.69, 9.17) is 17.2 Å². The second kappa shape index (κ2) is 21.3. The summed E-state index contributed by atoms with van der Waals surface area (Å²) in [5.41, 5.74) is 17.1. The van der Waals surface area contributed by atoms with Gasteiger partial charge in [-0.05, 0) is 51.0 Å². The first-order valence-electron chi connectivity index (χ1n) is 17.5. The maximum atomic E-state index is 13.6. The van der Waals surface area contributed by atoms with Crippen LogP contribution in [0.1, 0.15) is 58.9 Å². The van der Waals surface area contributed by atoms with Crippen LogP contribution in [0.5, 0.6) is 0 Å². The van der Waals surface area contributed by atoms with Gasteiger partial charge in [0.25, 0.3) is 0 Å². The summed E-state index contributed by atoms with van der Waals surface area (Å²) in [5.74, 6) is -6.05. The Bertz CT molecular complexity index is 1470. The number of carbonyl (C=O) groups is 7. The third-order valence-electron chi connectivity index (χ3n) is 8.53. The molecule has 0 bridgehead atoms. The minimum Gasteiger partial charge on any atom is -0.480 e. The van der Waals surface area contributed by atoms with Crippen LogP contribution in [-0.4, -0.2) is 124 Å². The molecule has 6 amide bonds. The molecule has 1 saturated heterocycles. The van der Waals surface area contributed by atoms with Crippen LogP contribution >= 0.6 is 0 Å². The maximum absolute atomic E-state index is 13.6. The van der Waals surface area contributed by atoms with E-state index in [1.54, 1.807) is 44.2 Å². The van der Waals surface area contributed by atoms with Gasteiger partial charge < -0.3 is 58.9 Å². The normalized spacial score (nSPS) is 17.3. The molecule has 1 aromatic rings. The van der Waals surface area contributed by atoms with E-state index in [0.29, 0.717) is 18.4 Å². The minimum absolute atomic E-state index is 0.0298. The van der Waals surface area contributed by atoms with Gasteiger partial charge in [0.15, 0.2) is 5.96 Å². The number of likely N-dealkylation sites (tertiary alicyclic amines) is 1. The summed E-state index contributed by atoms with van der Waals surface area (Å²) in [4.78, 5) is 96.0. The van der Waals surface area contributed by atoms with Crippen molar-refractivity contribution in [3.8, 4) is 0 Å². The van der Waals surface area contributed by atoms with E-state index in [9.17, 15) is 43.8 Å². The standard InChI is InChI=1S/C34H54N10O9/c1-18(2)26(43-27(46)19(3)35)32(51)44-15-9-13-25(44)31(50)40-22(12-8-14-38-34(36)37)29(48)39-20(4)28(47)42-24(17-45)30(49)41-23(33(52)53)16-21-10-6-5-7-11-21/h5-7,10-11,18-20,22-26,45H,8-9,12-17,35H2,1-4H3,(H,39,48)(H,40,50)(H,41,49)(H,42,47)(H,43,46)(H,52,53)(H4,36,37,38)/t19-,20-,22-,23-,24-,25-,26-/m0/s1. The number of aliphatic hydroxyl groups excluding tert-OH is 1. The van der Waals surface area contributed by atoms with Crippen molar-refractivity contribution < 1.29 is 43.8 Å². The molecular weight excluding hydrogens is 692 g/mol. The summed E-state index contributed by atoms with van der Waals surface area (Å²) < 4.78 is 0. The molecule has 13 N–H and O–H groups in total. The van der Waals surface area contributed by atoms with Crippen LogP contribution in [0.15, 0.2) is 35.3 Å². The Kier molecular flexibility index (Phi) is 17.6. The van der Waals surface area contributed by atoms with E-state index in [0.717, 1.165) is 0 Å². The summed E-state index contributed by atoms with van der Waals surface area (Å²) in [6.45, 7) is 5.78. The maximum Gasteiger partial charge on any atom is 0.326 e. The Morgan fingerprint density at radius 1 is 0.849 bits per heavy atom. The second-order valence-corrected chi connectivity index (χ2v) is 13.3. The fourth-order valence-corrected chi connectivity index (χ4v) is 5.51. The SMILES string of the molecule is CC(C)[C@H](NC(=O)[C@H](C)N)C(=O)N1CCC[C@H]1C(=O)N[C@@H](CCCN=C(N)N)C(=O)N[C@@H](C)C(=O)N[C@@H](CO)C(=O)N[C@@H](Cc1ccccc1)C(=O)O. The van der Waals surface area contributed by atoms with Crippen molar-refractivity contribution in [3.05, 3.63) is 35.9 Å². The van der Waals surface area contributed by atoms with E-state index in [1.807, 2.05) is 0 Å². The monoisotopic (exact) mass is 746 g/mol. The van der Waals surface area contributed by atoms with Gasteiger partial charge in [-0.25, -0.2) is 4.79 Å². The van der Waals surface area contributed by atoms with Crippen molar-refractivity contribution in [2.75, 3.05) is 19.7 Å². The lowest BCUT2D eigenvalue weighted by atomic mass is 10.0. The Labute approximate surface area is 308 Å². The molecular formula is C34H54N10O9. The molecule has 0 spiro atoms. The van der Waals surface area contributed by atoms with E-state index in [-0.39, 0.29) is 44.2 Å². The topological polar surface area (TPSA) is 314 Å². The Balaban J connectivity index is 2.14. The van der Waals surface area contributed by atoms with E-state index < -0.39 is 90.3 Å². The molecule has 0 aliphatic carbocycles. The van der Waals surface area contributed by atoms with Crippen LogP contribution in [0, 0.1) is 5.92 Å². The minimum atomic E-state index is -1.55. The second-order valence-electron chi connectivity index (χ2n) is 13.3. The highest BCUT2D eigenvalue weighted by atomic mass is 16.4. The third kappa shape index (κ3) is 14.0. The van der Waals surface area contributed by atoms with Crippen LogP contribution in [0.3, 0.4) is 0 Å². The molecule has 1 heterocycles. The molecule has 0 unspecified atom stereocenters. The van der Waals surface area contributed by atoms with Gasteiger partial charge in [-0.15, -0.1) is 0 Å². The highest BCUT2D eigenvalue weighted by Gasteiger charge is 2.40. The van der Waals surface area contributed by atoms with Crippen molar-refractivity contribution >= 4 is 47.4 Å². The first-order chi connectivity index (χ1) is 25.0. The van der Waals surface area contributed by atoms with Gasteiger partial charge in [0.2, 0.25) is 35.4 Å². The number of nitrogens with two attached hydrogens (primary N) is 3. The summed E-state index contributed by atoms with van der Waals surface area (Å²) in [6, 6.07) is 0.393. The summed E-state index contributed by atoms with van der Waals surface area (Å²) in [7, 11) is 0. The first kappa shape index (κ1) is 43.9. The Morgan fingerprint density at radius 3 is 2.04 bits per heavy atom. The average molecular weight is 747 g/mol. The number of rotatable bonds is 20. The van der Waals surface area contributed by atoms with Crippen molar-refractivity contribution in [1.82, 2.24) is 31.5 Å². The predicted octanol–water partition coefficient (Wildman–Crippen LogP) is -3.20. The number of carboxylic acids is 1. The lowest BCUT2D eigenvalue weighted by molar-refractivity contribution is -0.143. The molecule has 19 nitrogen and oxygen atoms in total. The number of nitrogens with zero attached hydrogens (tertiary/aromatic N) is 2. The fourth-order valence-electron chi connectivity index (χ4n) is 5.51. The lowest BCUT2D eigenvalue weighted by Gasteiger charge is -2.31. The van der Waals surface area contributed by atoms with Crippen molar-refractivity contribution in [1.29, 1.82) is 0 Å². The highest BCUT2D eigenvalue weighted by Crippen LogP contribution is 2.21. The highest BCUT2D eigenvalue weighted by molar-refractivity contribution is 5.97. The quantitative estimate of drug-likeness (QED) is 0.0358. The summed E-state index contributed by atoms with van der Waals surface area (Å²) >= 11 is 0. The number of hydrogen-bond donors (Lipinski definition) is 10. The molecule has 1 aliphatic heterocycles. The lowest BCUT2D eigenvalue weighted by Crippen LogP contribution is -2.60. The molecule has 1 fully saturated rings. The molecule has 19 heteroatoms. The first-order valence-corrected chi connectivity index (χ1v) is 17.5. The predicted molar refractivity (Wildman–Crippen MR) is 193 cm³/mol. The molecule has 2 rings (SSSR count). The fraction of sp³-hybridized carbons (Fsp3) is 0.588. The number of aliphatic carboxylic acids is 1. The van der Waals surface area contributed by atoms with Gasteiger partial charge in [-0.1, -0.05) is 44.2 Å². The zero-order chi connectivity index (χ0) is 39.8. The molecule has 1 aromatic carbocycles. The summed E-state index contributed by atoms with van der Waals surface area (Å²) in [6.07, 6.45) is 1.01. The van der Waals surface area contributed by atoms with Crippen molar-refractivity contribution in [2.24, 2.45) is 28.1 Å². The molecule has 0 radical (unpaired) electrons. The van der Waals surface area contributed by atoms with Gasteiger partial charge >= 0.3 is 5.97 Å². The number of aliphatic hydroxyl groups is 1. The molecule has 1 aliphatic rings. The van der Waals surface area contributed by atoms with E-state index in [2.05, 4.69) is 31.6 Å². The smallest absolute Gasteiger partial charge is 0.326 e. The van der Waals surface area contributed by atoms with Crippen LogP contribution < -0.4 is 43.8 Å². The van der Waals surface area contributed by atoms with E-state index in [1.165, 1.54) is 18.7 Å². The van der Waals surface area contributed by atoms with Crippen LogP contribution in [0.4, 0.5) is 0 Å².